The second-order valence-corrected chi connectivity index (χ2v) is 10.4. The van der Waals surface area contributed by atoms with Crippen molar-refractivity contribution in [1.29, 1.82) is 0 Å². The molecular formula is C22H36N4O3S. The molecule has 1 amide bonds. The number of carbonyl (C=O) groups excluding carboxylic acids is 1. The van der Waals surface area contributed by atoms with Gasteiger partial charge in [-0.15, -0.1) is 0 Å². The lowest BCUT2D eigenvalue weighted by molar-refractivity contribution is -0.131. The van der Waals surface area contributed by atoms with Crippen LogP contribution in [0.3, 0.4) is 0 Å². The number of hydrogen-bond donors (Lipinski definition) is 1. The summed E-state index contributed by atoms with van der Waals surface area (Å²) in [5.41, 5.74) is 1.67. The van der Waals surface area contributed by atoms with Gasteiger partial charge in [-0.2, -0.15) is 4.31 Å². The number of benzene rings is 1. The van der Waals surface area contributed by atoms with Crippen molar-refractivity contribution in [2.45, 2.75) is 44.4 Å². The number of piperazine rings is 1. The lowest BCUT2D eigenvalue weighted by Gasteiger charge is -2.31. The average Bonchev–Trinajstić information content (AvgIpc) is 2.76. The molecule has 0 saturated carbocycles. The van der Waals surface area contributed by atoms with E-state index in [1.54, 1.807) is 6.07 Å². The third-order valence-corrected chi connectivity index (χ3v) is 8.16. The van der Waals surface area contributed by atoms with Gasteiger partial charge >= 0.3 is 0 Å². The van der Waals surface area contributed by atoms with Crippen LogP contribution in [-0.4, -0.2) is 87.3 Å². The Kier molecular flexibility index (Phi) is 8.27. The SMILES string of the molecule is Cc1ccc(C)c(S(=O)(=O)N(CCC(=O)N2CCNCC2)CCN2CCCCC2)c1. The van der Waals surface area contributed by atoms with Gasteiger partial charge in [0.25, 0.3) is 0 Å². The number of nitrogens with one attached hydrogen (secondary N) is 1. The molecule has 2 fully saturated rings. The molecule has 0 spiro atoms. The summed E-state index contributed by atoms with van der Waals surface area (Å²) < 4.78 is 28.6. The van der Waals surface area contributed by atoms with Gasteiger partial charge in [-0.05, 0) is 57.0 Å². The summed E-state index contributed by atoms with van der Waals surface area (Å²) in [6.07, 6.45) is 3.82. The number of amides is 1. The van der Waals surface area contributed by atoms with Crippen LogP contribution in [0.1, 0.15) is 36.8 Å². The van der Waals surface area contributed by atoms with E-state index in [1.165, 1.54) is 23.6 Å². The number of hydrogen-bond acceptors (Lipinski definition) is 5. The fraction of sp³-hybridized carbons (Fsp3) is 0.682. The Morgan fingerprint density at radius 3 is 2.43 bits per heavy atom. The largest absolute Gasteiger partial charge is 0.340 e. The van der Waals surface area contributed by atoms with Crippen molar-refractivity contribution in [2.24, 2.45) is 0 Å². The van der Waals surface area contributed by atoms with E-state index in [2.05, 4.69) is 10.2 Å². The van der Waals surface area contributed by atoms with Gasteiger partial charge in [-0.3, -0.25) is 4.79 Å². The summed E-state index contributed by atoms with van der Waals surface area (Å²) in [5, 5.41) is 3.24. The summed E-state index contributed by atoms with van der Waals surface area (Å²) in [4.78, 5) is 17.2. The predicted octanol–water partition coefficient (Wildman–Crippen LogP) is 1.60. The zero-order valence-electron chi connectivity index (χ0n) is 18.4. The number of rotatable bonds is 8. The number of aryl methyl sites for hydroxylation is 2. The molecule has 2 aliphatic heterocycles. The lowest BCUT2D eigenvalue weighted by Crippen LogP contribution is -2.47. The van der Waals surface area contributed by atoms with Gasteiger partial charge in [-0.1, -0.05) is 18.6 Å². The number of carbonyl (C=O) groups is 1. The fourth-order valence-electron chi connectivity index (χ4n) is 4.21. The van der Waals surface area contributed by atoms with E-state index in [9.17, 15) is 13.2 Å². The standard InChI is InChI=1S/C22H36N4O3S/c1-19-6-7-20(2)21(18-19)30(28,29)26(17-16-24-11-4-3-5-12-24)13-8-22(27)25-14-9-23-10-15-25/h6-7,18,23H,3-5,8-17H2,1-2H3. The number of nitrogens with zero attached hydrogens (tertiary/aromatic N) is 3. The van der Waals surface area contributed by atoms with E-state index >= 15 is 0 Å². The molecule has 0 radical (unpaired) electrons. The summed E-state index contributed by atoms with van der Waals surface area (Å²) in [6.45, 7) is 10.1. The maximum atomic E-state index is 13.5. The first kappa shape index (κ1) is 23.2. The molecule has 30 heavy (non-hydrogen) atoms. The van der Waals surface area contributed by atoms with E-state index in [0.717, 1.165) is 37.3 Å². The van der Waals surface area contributed by atoms with Crippen LogP contribution in [0.5, 0.6) is 0 Å². The molecule has 0 aliphatic carbocycles. The van der Waals surface area contributed by atoms with E-state index in [-0.39, 0.29) is 18.9 Å². The van der Waals surface area contributed by atoms with Crippen LogP contribution in [0, 0.1) is 13.8 Å². The molecule has 168 valence electrons. The van der Waals surface area contributed by atoms with E-state index in [4.69, 9.17) is 0 Å². The number of sulfonamides is 1. The maximum Gasteiger partial charge on any atom is 0.243 e. The maximum absolute atomic E-state index is 13.5. The van der Waals surface area contributed by atoms with Crippen molar-refractivity contribution < 1.29 is 13.2 Å². The number of piperidine rings is 1. The van der Waals surface area contributed by atoms with Gasteiger partial charge in [0.2, 0.25) is 15.9 Å². The summed E-state index contributed by atoms with van der Waals surface area (Å²) in [5.74, 6) is 0.0376. The molecule has 2 saturated heterocycles. The van der Waals surface area contributed by atoms with Crippen molar-refractivity contribution in [3.63, 3.8) is 0 Å². The second-order valence-electron chi connectivity index (χ2n) is 8.46. The van der Waals surface area contributed by atoms with Crippen LogP contribution >= 0.6 is 0 Å². The smallest absolute Gasteiger partial charge is 0.243 e. The highest BCUT2D eigenvalue weighted by atomic mass is 32.2. The van der Waals surface area contributed by atoms with E-state index in [0.29, 0.717) is 31.1 Å². The minimum atomic E-state index is -3.66. The molecule has 3 rings (SSSR count). The van der Waals surface area contributed by atoms with Gasteiger partial charge < -0.3 is 15.1 Å². The lowest BCUT2D eigenvalue weighted by atomic mass is 10.1. The average molecular weight is 437 g/mol. The normalized spacial score (nSPS) is 18.7. The Hall–Kier alpha value is -1.48. The molecular weight excluding hydrogens is 400 g/mol. The quantitative estimate of drug-likeness (QED) is 0.670. The van der Waals surface area contributed by atoms with Crippen molar-refractivity contribution in [2.75, 3.05) is 58.9 Å². The summed E-state index contributed by atoms with van der Waals surface area (Å²) in [7, 11) is -3.66. The molecule has 2 aliphatic rings. The topological polar surface area (TPSA) is 73.0 Å². The van der Waals surface area contributed by atoms with Crippen LogP contribution in [-0.2, 0) is 14.8 Å². The van der Waals surface area contributed by atoms with Crippen LogP contribution in [0.4, 0.5) is 0 Å². The fourth-order valence-corrected chi connectivity index (χ4v) is 5.95. The zero-order chi connectivity index (χ0) is 21.6. The van der Waals surface area contributed by atoms with Crippen molar-refractivity contribution in [1.82, 2.24) is 19.4 Å². The predicted molar refractivity (Wildman–Crippen MR) is 119 cm³/mol. The second kappa shape index (κ2) is 10.7. The molecule has 8 heteroatoms. The van der Waals surface area contributed by atoms with Gasteiger partial charge in [0, 0.05) is 52.2 Å². The van der Waals surface area contributed by atoms with Gasteiger partial charge in [-0.25, -0.2) is 8.42 Å². The molecule has 7 nitrogen and oxygen atoms in total. The van der Waals surface area contributed by atoms with Crippen LogP contribution in [0.15, 0.2) is 23.1 Å². The molecule has 1 aromatic rings. The summed E-state index contributed by atoms with van der Waals surface area (Å²) >= 11 is 0. The molecule has 1 N–H and O–H groups in total. The Labute approximate surface area is 181 Å². The van der Waals surface area contributed by atoms with Gasteiger partial charge in [0.1, 0.15) is 0 Å². The Morgan fingerprint density at radius 2 is 1.73 bits per heavy atom. The van der Waals surface area contributed by atoms with Crippen molar-refractivity contribution >= 4 is 15.9 Å². The number of likely N-dealkylation sites (tertiary alicyclic amines) is 1. The Balaban J connectivity index is 1.73. The van der Waals surface area contributed by atoms with Gasteiger partial charge in [0.15, 0.2) is 0 Å². The van der Waals surface area contributed by atoms with Crippen LogP contribution in [0.25, 0.3) is 0 Å². The third-order valence-electron chi connectivity index (χ3n) is 6.12. The Bertz CT molecular complexity index is 816. The molecule has 0 atom stereocenters. The first-order valence-electron chi connectivity index (χ1n) is 11.2. The van der Waals surface area contributed by atoms with Crippen molar-refractivity contribution in [3.8, 4) is 0 Å². The highest BCUT2D eigenvalue weighted by Gasteiger charge is 2.28. The minimum absolute atomic E-state index is 0.0376. The zero-order valence-corrected chi connectivity index (χ0v) is 19.2. The van der Waals surface area contributed by atoms with E-state index < -0.39 is 10.0 Å². The molecule has 1 aromatic carbocycles. The van der Waals surface area contributed by atoms with Crippen LogP contribution < -0.4 is 5.32 Å². The van der Waals surface area contributed by atoms with Crippen molar-refractivity contribution in [3.05, 3.63) is 29.3 Å². The molecule has 0 unspecified atom stereocenters. The van der Waals surface area contributed by atoms with Gasteiger partial charge in [0.05, 0.1) is 4.90 Å². The molecule has 0 bridgehead atoms. The van der Waals surface area contributed by atoms with Crippen LogP contribution in [0.2, 0.25) is 0 Å². The Morgan fingerprint density at radius 1 is 1.03 bits per heavy atom. The molecule has 0 aromatic heterocycles. The first-order chi connectivity index (χ1) is 14.4. The minimum Gasteiger partial charge on any atom is -0.340 e. The third kappa shape index (κ3) is 6.03. The highest BCUT2D eigenvalue weighted by molar-refractivity contribution is 7.89. The molecule has 2 heterocycles. The van der Waals surface area contributed by atoms with E-state index in [1.807, 2.05) is 30.9 Å². The monoisotopic (exact) mass is 436 g/mol. The summed E-state index contributed by atoms with van der Waals surface area (Å²) in [6, 6.07) is 5.54. The highest BCUT2D eigenvalue weighted by Crippen LogP contribution is 2.22. The first-order valence-corrected chi connectivity index (χ1v) is 12.6.